The third kappa shape index (κ3) is 3.69. The standard InChI is InChI=1S/C21H20N2O2/c1-3-20(16-11-13-17(25-2)14-12-16)22-23-21(24)19-10-6-8-15-7-4-5-9-18(15)19/h4-14H,3H2,1-2H3,(H,23,24). The summed E-state index contributed by atoms with van der Waals surface area (Å²) in [6.07, 6.45) is 0.710. The molecule has 1 N–H and O–H groups in total. The fraction of sp³-hybridized carbons (Fsp3) is 0.143. The summed E-state index contributed by atoms with van der Waals surface area (Å²) >= 11 is 0. The van der Waals surface area contributed by atoms with Crippen LogP contribution in [0.4, 0.5) is 0 Å². The molecule has 0 aliphatic rings. The number of hydrogen-bond acceptors (Lipinski definition) is 3. The lowest BCUT2D eigenvalue weighted by Gasteiger charge is -2.08. The molecule has 0 unspecified atom stereocenters. The van der Waals surface area contributed by atoms with E-state index in [2.05, 4.69) is 10.5 Å². The Bertz CT molecular complexity index is 909. The van der Waals surface area contributed by atoms with Crippen molar-refractivity contribution in [2.75, 3.05) is 7.11 Å². The van der Waals surface area contributed by atoms with E-state index in [0.29, 0.717) is 12.0 Å². The molecule has 3 rings (SSSR count). The van der Waals surface area contributed by atoms with Crippen LogP contribution in [0, 0.1) is 0 Å². The van der Waals surface area contributed by atoms with Crippen molar-refractivity contribution < 1.29 is 9.53 Å². The van der Waals surface area contributed by atoms with Crippen LogP contribution in [-0.4, -0.2) is 18.7 Å². The highest BCUT2D eigenvalue weighted by molar-refractivity contribution is 6.08. The number of benzene rings is 3. The number of rotatable bonds is 5. The normalized spacial score (nSPS) is 11.4. The van der Waals surface area contributed by atoms with Gasteiger partial charge in [-0.3, -0.25) is 4.79 Å². The molecule has 4 heteroatoms. The third-order valence-corrected chi connectivity index (χ3v) is 4.08. The van der Waals surface area contributed by atoms with Gasteiger partial charge in [0.15, 0.2) is 0 Å². The number of carbonyl (C=O) groups excluding carboxylic acids is 1. The van der Waals surface area contributed by atoms with Crippen molar-refractivity contribution in [1.29, 1.82) is 0 Å². The lowest BCUT2D eigenvalue weighted by molar-refractivity contribution is 0.0956. The van der Waals surface area contributed by atoms with Crippen LogP contribution in [0.25, 0.3) is 10.8 Å². The largest absolute Gasteiger partial charge is 0.497 e. The van der Waals surface area contributed by atoms with Crippen molar-refractivity contribution in [2.24, 2.45) is 5.10 Å². The molecule has 0 atom stereocenters. The van der Waals surface area contributed by atoms with Gasteiger partial charge in [-0.2, -0.15) is 5.10 Å². The summed E-state index contributed by atoms with van der Waals surface area (Å²) in [5, 5.41) is 6.28. The van der Waals surface area contributed by atoms with Gasteiger partial charge < -0.3 is 4.74 Å². The molecular weight excluding hydrogens is 312 g/mol. The van der Waals surface area contributed by atoms with Crippen LogP contribution in [0.2, 0.25) is 0 Å². The Morgan fingerprint density at radius 2 is 1.72 bits per heavy atom. The molecule has 0 aliphatic heterocycles. The first-order valence-corrected chi connectivity index (χ1v) is 8.22. The van der Waals surface area contributed by atoms with E-state index in [-0.39, 0.29) is 5.91 Å². The molecule has 0 heterocycles. The minimum absolute atomic E-state index is 0.212. The van der Waals surface area contributed by atoms with Gasteiger partial charge in [0.2, 0.25) is 0 Å². The molecule has 0 saturated heterocycles. The number of methoxy groups -OCH3 is 1. The Morgan fingerprint density at radius 3 is 2.44 bits per heavy atom. The van der Waals surface area contributed by atoms with Gasteiger partial charge >= 0.3 is 0 Å². The summed E-state index contributed by atoms with van der Waals surface area (Å²) in [5.74, 6) is 0.579. The number of fused-ring (bicyclic) bond motifs is 1. The first-order chi connectivity index (χ1) is 12.2. The maximum atomic E-state index is 12.6. The zero-order valence-electron chi connectivity index (χ0n) is 14.3. The monoisotopic (exact) mass is 332 g/mol. The molecule has 0 aromatic heterocycles. The molecule has 1 amide bonds. The van der Waals surface area contributed by atoms with Crippen LogP contribution in [0.5, 0.6) is 5.75 Å². The average molecular weight is 332 g/mol. The van der Waals surface area contributed by atoms with E-state index in [0.717, 1.165) is 27.8 Å². The zero-order valence-corrected chi connectivity index (χ0v) is 14.3. The first-order valence-electron chi connectivity index (χ1n) is 8.22. The summed E-state index contributed by atoms with van der Waals surface area (Å²) in [7, 11) is 1.63. The molecular formula is C21H20N2O2. The average Bonchev–Trinajstić information content (AvgIpc) is 2.68. The highest BCUT2D eigenvalue weighted by Crippen LogP contribution is 2.18. The van der Waals surface area contributed by atoms with Gasteiger partial charge in [-0.25, -0.2) is 5.43 Å². The lowest BCUT2D eigenvalue weighted by atomic mass is 10.0. The van der Waals surface area contributed by atoms with E-state index in [1.807, 2.05) is 73.7 Å². The van der Waals surface area contributed by atoms with Crippen molar-refractivity contribution in [3.8, 4) is 5.75 Å². The topological polar surface area (TPSA) is 50.7 Å². The second-order valence-corrected chi connectivity index (χ2v) is 5.61. The molecule has 126 valence electrons. The van der Waals surface area contributed by atoms with Gasteiger partial charge in [0, 0.05) is 5.56 Å². The van der Waals surface area contributed by atoms with Gasteiger partial charge in [0.25, 0.3) is 5.91 Å². The number of nitrogens with zero attached hydrogens (tertiary/aromatic N) is 1. The number of ether oxygens (including phenoxy) is 1. The SMILES string of the molecule is CCC(=NNC(=O)c1cccc2ccccc12)c1ccc(OC)cc1. The molecule has 3 aromatic carbocycles. The van der Waals surface area contributed by atoms with Crippen LogP contribution in [0.15, 0.2) is 71.8 Å². The summed E-state index contributed by atoms with van der Waals surface area (Å²) in [4.78, 5) is 12.6. The Balaban J connectivity index is 1.84. The number of carbonyl (C=O) groups is 1. The van der Waals surface area contributed by atoms with E-state index >= 15 is 0 Å². The molecule has 0 fully saturated rings. The maximum Gasteiger partial charge on any atom is 0.272 e. The summed E-state index contributed by atoms with van der Waals surface area (Å²) in [6.45, 7) is 2.01. The third-order valence-electron chi connectivity index (χ3n) is 4.08. The summed E-state index contributed by atoms with van der Waals surface area (Å²) in [6, 6.07) is 21.1. The molecule has 0 aliphatic carbocycles. The highest BCUT2D eigenvalue weighted by atomic mass is 16.5. The predicted octanol–water partition coefficient (Wildman–Crippen LogP) is 4.39. The minimum atomic E-state index is -0.212. The van der Waals surface area contributed by atoms with Crippen LogP contribution < -0.4 is 10.2 Å². The highest BCUT2D eigenvalue weighted by Gasteiger charge is 2.09. The molecule has 0 radical (unpaired) electrons. The van der Waals surface area contributed by atoms with E-state index < -0.39 is 0 Å². The van der Waals surface area contributed by atoms with E-state index in [9.17, 15) is 4.79 Å². The van der Waals surface area contributed by atoms with Crippen molar-refractivity contribution in [2.45, 2.75) is 13.3 Å². The first kappa shape index (κ1) is 16.7. The van der Waals surface area contributed by atoms with E-state index in [1.54, 1.807) is 7.11 Å². The fourth-order valence-electron chi connectivity index (χ4n) is 2.73. The van der Waals surface area contributed by atoms with E-state index in [4.69, 9.17) is 4.74 Å². The van der Waals surface area contributed by atoms with Gasteiger partial charge in [-0.1, -0.05) is 43.3 Å². The summed E-state index contributed by atoms with van der Waals surface area (Å²) < 4.78 is 5.17. The van der Waals surface area contributed by atoms with Gasteiger partial charge in [-0.05, 0) is 53.1 Å². The number of nitrogens with one attached hydrogen (secondary N) is 1. The fourth-order valence-corrected chi connectivity index (χ4v) is 2.73. The van der Waals surface area contributed by atoms with Crippen LogP contribution in [-0.2, 0) is 0 Å². The number of hydrogen-bond donors (Lipinski definition) is 1. The van der Waals surface area contributed by atoms with Crippen molar-refractivity contribution in [3.63, 3.8) is 0 Å². The second kappa shape index (κ2) is 7.62. The predicted molar refractivity (Wildman–Crippen MR) is 101 cm³/mol. The van der Waals surface area contributed by atoms with Crippen LogP contribution in [0.3, 0.4) is 0 Å². The molecule has 0 spiro atoms. The van der Waals surface area contributed by atoms with Gasteiger partial charge in [-0.15, -0.1) is 0 Å². The number of hydrazone groups is 1. The Kier molecular flexibility index (Phi) is 5.09. The Hall–Kier alpha value is -3.14. The summed E-state index contributed by atoms with van der Waals surface area (Å²) in [5.41, 5.74) is 5.08. The second-order valence-electron chi connectivity index (χ2n) is 5.61. The minimum Gasteiger partial charge on any atom is -0.497 e. The quantitative estimate of drug-likeness (QED) is 0.556. The maximum absolute atomic E-state index is 12.6. The Labute approximate surface area is 147 Å². The molecule has 0 bridgehead atoms. The smallest absolute Gasteiger partial charge is 0.272 e. The van der Waals surface area contributed by atoms with Gasteiger partial charge in [0.1, 0.15) is 5.75 Å². The Morgan fingerprint density at radius 1 is 1.00 bits per heavy atom. The van der Waals surface area contributed by atoms with E-state index in [1.165, 1.54) is 0 Å². The zero-order chi connectivity index (χ0) is 17.6. The van der Waals surface area contributed by atoms with Gasteiger partial charge in [0.05, 0.1) is 12.8 Å². The number of amides is 1. The molecule has 25 heavy (non-hydrogen) atoms. The molecule has 0 saturated carbocycles. The molecule has 3 aromatic rings. The van der Waals surface area contributed by atoms with Crippen LogP contribution in [0.1, 0.15) is 29.3 Å². The van der Waals surface area contributed by atoms with Crippen molar-refractivity contribution >= 4 is 22.4 Å². The van der Waals surface area contributed by atoms with Crippen LogP contribution >= 0.6 is 0 Å². The molecule has 4 nitrogen and oxygen atoms in total. The lowest BCUT2D eigenvalue weighted by Crippen LogP contribution is -2.20. The van der Waals surface area contributed by atoms with Crippen molar-refractivity contribution in [3.05, 3.63) is 77.9 Å². The van der Waals surface area contributed by atoms with Crippen molar-refractivity contribution in [1.82, 2.24) is 5.43 Å².